The quantitative estimate of drug-likeness (QED) is 0.907. The van der Waals surface area contributed by atoms with E-state index in [1.165, 1.54) is 11.8 Å². The van der Waals surface area contributed by atoms with E-state index >= 15 is 0 Å². The summed E-state index contributed by atoms with van der Waals surface area (Å²) in [6, 6.07) is 7.65. The number of nitrogens with one attached hydrogen (secondary N) is 2. The topological polar surface area (TPSA) is 79.0 Å². The minimum atomic E-state index is -3.64. The summed E-state index contributed by atoms with van der Waals surface area (Å²) in [5.74, 6) is 0. The predicted octanol–water partition coefficient (Wildman–Crippen LogP) is 1.79. The minimum Gasteiger partial charge on any atom is -0.318 e. The van der Waals surface area contributed by atoms with Crippen LogP contribution in [0.25, 0.3) is 0 Å². The molecule has 3 rings (SSSR count). The van der Waals surface area contributed by atoms with Gasteiger partial charge in [0.15, 0.2) is 4.21 Å². The van der Waals surface area contributed by atoms with Crippen LogP contribution < -0.4 is 9.60 Å². The van der Waals surface area contributed by atoms with Gasteiger partial charge in [-0.3, -0.25) is 4.79 Å². The maximum Gasteiger partial charge on any atom is 0.305 e. The Kier molecular flexibility index (Phi) is 3.49. The summed E-state index contributed by atoms with van der Waals surface area (Å²) in [5, 5.41) is 0. The van der Waals surface area contributed by atoms with Crippen LogP contribution in [0.4, 0.5) is 0 Å². The van der Waals surface area contributed by atoms with E-state index in [-0.39, 0.29) is 15.1 Å². The summed E-state index contributed by atoms with van der Waals surface area (Å²) < 4.78 is 27.3. The van der Waals surface area contributed by atoms with Gasteiger partial charge < -0.3 is 4.98 Å². The van der Waals surface area contributed by atoms with Crippen molar-refractivity contribution >= 4 is 21.4 Å². The lowest BCUT2D eigenvalue weighted by molar-refractivity contribution is 0.508. The number of benzene rings is 1. The molecule has 2 aromatic rings. The molecule has 5 nitrogen and oxygen atoms in total. The molecule has 2 N–H and O–H groups in total. The molecule has 0 saturated heterocycles. The fourth-order valence-corrected chi connectivity index (χ4v) is 4.70. The Labute approximate surface area is 120 Å². The van der Waals surface area contributed by atoms with E-state index in [0.717, 1.165) is 24.8 Å². The van der Waals surface area contributed by atoms with Crippen molar-refractivity contribution in [3.05, 3.63) is 51.3 Å². The molecule has 0 fully saturated rings. The summed E-state index contributed by atoms with van der Waals surface area (Å²) in [6.07, 6.45) is 3.94. The van der Waals surface area contributed by atoms with Crippen LogP contribution >= 0.6 is 11.3 Å². The molecular formula is C13H14N2O3S2. The fraction of sp³-hybridized carbons (Fsp3) is 0.308. The maximum absolute atomic E-state index is 12.3. The number of hydrogen-bond donors (Lipinski definition) is 2. The molecule has 0 amide bonds. The average Bonchev–Trinajstić information content (AvgIpc) is 2.86. The van der Waals surface area contributed by atoms with Gasteiger partial charge in [0.05, 0.1) is 0 Å². The Morgan fingerprint density at radius 2 is 2.10 bits per heavy atom. The molecule has 106 valence electrons. The Balaban J connectivity index is 1.91. The third-order valence-corrected chi connectivity index (χ3v) is 6.21. The number of sulfonamides is 1. The second kappa shape index (κ2) is 5.16. The molecule has 7 heteroatoms. The summed E-state index contributed by atoms with van der Waals surface area (Å²) in [7, 11) is -3.64. The first-order valence-corrected chi connectivity index (χ1v) is 8.65. The van der Waals surface area contributed by atoms with Gasteiger partial charge in [0, 0.05) is 12.2 Å². The number of rotatable bonds is 3. The van der Waals surface area contributed by atoms with Crippen LogP contribution in [0.2, 0.25) is 0 Å². The number of thiazole rings is 1. The highest BCUT2D eigenvalue weighted by atomic mass is 32.2. The second-order valence-electron chi connectivity index (χ2n) is 4.76. The highest BCUT2D eigenvalue weighted by Crippen LogP contribution is 2.30. The van der Waals surface area contributed by atoms with Gasteiger partial charge in [-0.15, -0.1) is 0 Å². The Morgan fingerprint density at radius 1 is 1.30 bits per heavy atom. The molecule has 1 aromatic heterocycles. The van der Waals surface area contributed by atoms with Crippen molar-refractivity contribution in [3.63, 3.8) is 0 Å². The maximum atomic E-state index is 12.3. The van der Waals surface area contributed by atoms with Gasteiger partial charge in [0.2, 0.25) is 0 Å². The Bertz CT molecular complexity index is 777. The van der Waals surface area contributed by atoms with E-state index in [9.17, 15) is 13.2 Å². The van der Waals surface area contributed by atoms with Gasteiger partial charge in [0.25, 0.3) is 10.0 Å². The SMILES string of the molecule is O=c1[nH]cc(S(=O)(=O)NC2CCCc3ccccc32)s1. The molecule has 0 radical (unpaired) electrons. The highest BCUT2D eigenvalue weighted by molar-refractivity contribution is 7.91. The van der Waals surface area contributed by atoms with Crippen LogP contribution in [-0.4, -0.2) is 13.4 Å². The first-order valence-electron chi connectivity index (χ1n) is 6.35. The molecule has 1 heterocycles. The van der Waals surface area contributed by atoms with Gasteiger partial charge in [-0.25, -0.2) is 13.1 Å². The van der Waals surface area contributed by atoms with Crippen LogP contribution in [-0.2, 0) is 16.4 Å². The van der Waals surface area contributed by atoms with Crippen LogP contribution in [0.5, 0.6) is 0 Å². The molecule has 1 aliphatic carbocycles. The van der Waals surface area contributed by atoms with Gasteiger partial charge in [0.1, 0.15) is 0 Å². The smallest absolute Gasteiger partial charge is 0.305 e. The molecule has 0 bridgehead atoms. The molecule has 20 heavy (non-hydrogen) atoms. The van der Waals surface area contributed by atoms with Gasteiger partial charge in [-0.1, -0.05) is 35.6 Å². The van der Waals surface area contributed by atoms with Crippen molar-refractivity contribution in [1.29, 1.82) is 0 Å². The van der Waals surface area contributed by atoms with Crippen LogP contribution in [0.15, 0.2) is 39.5 Å². The van der Waals surface area contributed by atoms with Crippen LogP contribution in [0, 0.1) is 0 Å². The number of H-pyrrole nitrogens is 1. The van der Waals surface area contributed by atoms with Crippen molar-refractivity contribution < 1.29 is 8.42 Å². The number of aromatic amines is 1. The van der Waals surface area contributed by atoms with Crippen molar-refractivity contribution in [1.82, 2.24) is 9.71 Å². The first kappa shape index (κ1) is 13.5. The molecule has 1 aliphatic rings. The Morgan fingerprint density at radius 3 is 2.85 bits per heavy atom. The standard InChI is InChI=1S/C13H14N2O3S2/c16-13-14-8-12(19-13)20(17,18)15-11-7-3-5-9-4-1-2-6-10(9)11/h1-2,4,6,8,11,15H,3,5,7H2,(H,14,16). The van der Waals surface area contributed by atoms with E-state index < -0.39 is 10.0 Å². The lowest BCUT2D eigenvalue weighted by Crippen LogP contribution is -2.30. The lowest BCUT2D eigenvalue weighted by atomic mass is 9.88. The van der Waals surface area contributed by atoms with Crippen molar-refractivity contribution in [2.75, 3.05) is 0 Å². The van der Waals surface area contributed by atoms with Crippen LogP contribution in [0.3, 0.4) is 0 Å². The van der Waals surface area contributed by atoms with Crippen LogP contribution in [0.1, 0.15) is 30.0 Å². The zero-order chi connectivity index (χ0) is 14.2. The minimum absolute atomic E-state index is 0.0329. The van der Waals surface area contributed by atoms with Gasteiger partial charge in [-0.2, -0.15) is 0 Å². The summed E-state index contributed by atoms with van der Waals surface area (Å²) in [5.41, 5.74) is 2.22. The van der Waals surface area contributed by atoms with Crippen molar-refractivity contribution in [2.45, 2.75) is 29.5 Å². The summed E-state index contributed by atoms with van der Waals surface area (Å²) in [6.45, 7) is 0. The normalized spacial score (nSPS) is 18.7. The van der Waals surface area contributed by atoms with E-state index in [1.807, 2.05) is 24.3 Å². The number of aryl methyl sites for hydroxylation is 1. The van der Waals surface area contributed by atoms with Gasteiger partial charge in [-0.05, 0) is 30.4 Å². The number of hydrogen-bond acceptors (Lipinski definition) is 4. The molecule has 0 spiro atoms. The third kappa shape index (κ3) is 2.56. The van der Waals surface area contributed by atoms with E-state index in [1.54, 1.807) is 0 Å². The second-order valence-corrected chi connectivity index (χ2v) is 7.72. The molecule has 0 aliphatic heterocycles. The van der Waals surface area contributed by atoms with E-state index in [0.29, 0.717) is 11.3 Å². The Hall–Kier alpha value is -1.44. The summed E-state index contributed by atoms with van der Waals surface area (Å²) in [4.78, 5) is 13.1. The highest BCUT2D eigenvalue weighted by Gasteiger charge is 2.26. The molecule has 1 unspecified atom stereocenters. The third-order valence-electron chi connectivity index (χ3n) is 3.43. The number of aromatic nitrogens is 1. The predicted molar refractivity (Wildman–Crippen MR) is 77.4 cm³/mol. The van der Waals surface area contributed by atoms with E-state index in [4.69, 9.17) is 0 Å². The van der Waals surface area contributed by atoms with Crippen molar-refractivity contribution in [3.8, 4) is 0 Å². The zero-order valence-corrected chi connectivity index (χ0v) is 12.3. The van der Waals surface area contributed by atoms with E-state index in [2.05, 4.69) is 9.71 Å². The monoisotopic (exact) mass is 310 g/mol. The number of fused-ring (bicyclic) bond motifs is 1. The van der Waals surface area contributed by atoms with Gasteiger partial charge >= 0.3 is 4.87 Å². The fourth-order valence-electron chi connectivity index (χ4n) is 2.52. The summed E-state index contributed by atoms with van der Waals surface area (Å²) >= 11 is 0.703. The lowest BCUT2D eigenvalue weighted by Gasteiger charge is -2.25. The largest absolute Gasteiger partial charge is 0.318 e. The zero-order valence-electron chi connectivity index (χ0n) is 10.6. The molecule has 1 atom stereocenters. The van der Waals surface area contributed by atoms with Crippen molar-refractivity contribution in [2.24, 2.45) is 0 Å². The average molecular weight is 310 g/mol. The molecular weight excluding hydrogens is 296 g/mol. The molecule has 1 aromatic carbocycles. The molecule has 0 saturated carbocycles. The first-order chi connectivity index (χ1) is 9.56.